The lowest BCUT2D eigenvalue weighted by molar-refractivity contribution is 0.0956. The van der Waals surface area contributed by atoms with Gasteiger partial charge in [-0.1, -0.05) is 11.3 Å². The molecule has 3 N–H and O–H groups in total. The van der Waals surface area contributed by atoms with Gasteiger partial charge in [0.15, 0.2) is 5.13 Å². The first kappa shape index (κ1) is 11.9. The van der Waals surface area contributed by atoms with Gasteiger partial charge in [-0.05, 0) is 27.1 Å². The molecule has 0 bridgehead atoms. The minimum Gasteiger partial charge on any atom is -0.375 e. The third-order valence-corrected chi connectivity index (χ3v) is 2.64. The lowest BCUT2D eigenvalue weighted by atomic mass is 10.4. The van der Waals surface area contributed by atoms with Crippen molar-refractivity contribution in [1.82, 2.24) is 15.2 Å². The summed E-state index contributed by atoms with van der Waals surface area (Å²) in [6, 6.07) is 0. The van der Waals surface area contributed by atoms with Crippen molar-refractivity contribution in [2.75, 3.05) is 32.9 Å². The van der Waals surface area contributed by atoms with Crippen molar-refractivity contribution in [2.45, 2.75) is 6.42 Å². The van der Waals surface area contributed by atoms with Crippen LogP contribution in [-0.4, -0.2) is 43.0 Å². The van der Waals surface area contributed by atoms with Crippen LogP contribution in [0.15, 0.2) is 6.20 Å². The van der Waals surface area contributed by atoms with E-state index in [0.29, 0.717) is 16.6 Å². The second-order valence-electron chi connectivity index (χ2n) is 3.48. The summed E-state index contributed by atoms with van der Waals surface area (Å²) in [6.45, 7) is 1.64. The number of thiazole rings is 1. The fourth-order valence-corrected chi connectivity index (χ4v) is 1.68. The zero-order valence-corrected chi connectivity index (χ0v) is 9.80. The maximum Gasteiger partial charge on any atom is 0.263 e. The lowest BCUT2D eigenvalue weighted by Gasteiger charge is -2.09. The van der Waals surface area contributed by atoms with Gasteiger partial charge in [0.2, 0.25) is 0 Å². The Balaban J connectivity index is 2.25. The highest BCUT2D eigenvalue weighted by atomic mass is 32.1. The summed E-state index contributed by atoms with van der Waals surface area (Å²) >= 11 is 1.20. The Morgan fingerprint density at radius 3 is 2.93 bits per heavy atom. The molecule has 0 unspecified atom stereocenters. The van der Waals surface area contributed by atoms with Crippen LogP contribution >= 0.6 is 11.3 Å². The first-order valence-corrected chi connectivity index (χ1v) is 5.55. The molecule has 6 heteroatoms. The monoisotopic (exact) mass is 228 g/mol. The predicted molar refractivity (Wildman–Crippen MR) is 62.0 cm³/mol. The van der Waals surface area contributed by atoms with Crippen molar-refractivity contribution in [2.24, 2.45) is 0 Å². The zero-order valence-electron chi connectivity index (χ0n) is 8.99. The Labute approximate surface area is 93.3 Å². The number of nitrogens with two attached hydrogens (primary N) is 1. The molecule has 5 nitrogen and oxygen atoms in total. The van der Waals surface area contributed by atoms with Crippen LogP contribution in [0.5, 0.6) is 0 Å². The van der Waals surface area contributed by atoms with Crippen LogP contribution in [0.2, 0.25) is 0 Å². The Kier molecular flexibility index (Phi) is 4.51. The molecular weight excluding hydrogens is 212 g/mol. The van der Waals surface area contributed by atoms with Gasteiger partial charge in [0.1, 0.15) is 4.88 Å². The van der Waals surface area contributed by atoms with Crippen LogP contribution in [0.3, 0.4) is 0 Å². The van der Waals surface area contributed by atoms with Gasteiger partial charge in [-0.3, -0.25) is 4.79 Å². The first-order valence-electron chi connectivity index (χ1n) is 4.74. The summed E-state index contributed by atoms with van der Waals surface area (Å²) < 4.78 is 0. The third kappa shape index (κ3) is 4.26. The summed E-state index contributed by atoms with van der Waals surface area (Å²) in [5.74, 6) is -0.0945. The third-order valence-electron chi connectivity index (χ3n) is 1.82. The molecule has 0 aliphatic heterocycles. The number of hydrogen-bond acceptors (Lipinski definition) is 5. The van der Waals surface area contributed by atoms with E-state index in [9.17, 15) is 4.79 Å². The smallest absolute Gasteiger partial charge is 0.263 e. The van der Waals surface area contributed by atoms with Crippen molar-refractivity contribution < 1.29 is 4.79 Å². The van der Waals surface area contributed by atoms with Gasteiger partial charge in [0.25, 0.3) is 5.91 Å². The summed E-state index contributed by atoms with van der Waals surface area (Å²) in [5.41, 5.74) is 5.43. The maximum absolute atomic E-state index is 11.5. The minimum absolute atomic E-state index is 0.0945. The summed E-state index contributed by atoms with van der Waals surface area (Å²) in [4.78, 5) is 18.0. The number of carbonyl (C=O) groups excluding carboxylic acids is 1. The number of aromatic nitrogens is 1. The molecule has 0 aliphatic rings. The van der Waals surface area contributed by atoms with Gasteiger partial charge >= 0.3 is 0 Å². The second-order valence-corrected chi connectivity index (χ2v) is 4.54. The first-order chi connectivity index (χ1) is 7.09. The molecule has 1 aromatic heterocycles. The normalized spacial score (nSPS) is 10.6. The number of rotatable bonds is 5. The maximum atomic E-state index is 11.5. The number of nitrogens with one attached hydrogen (secondary N) is 1. The van der Waals surface area contributed by atoms with Crippen LogP contribution in [-0.2, 0) is 0 Å². The van der Waals surface area contributed by atoms with Crippen LogP contribution in [0, 0.1) is 0 Å². The van der Waals surface area contributed by atoms with E-state index in [1.807, 2.05) is 14.1 Å². The van der Waals surface area contributed by atoms with Crippen molar-refractivity contribution in [3.8, 4) is 0 Å². The Bertz CT molecular complexity index is 324. The van der Waals surface area contributed by atoms with Crippen molar-refractivity contribution >= 4 is 22.4 Å². The van der Waals surface area contributed by atoms with Crippen LogP contribution in [0.25, 0.3) is 0 Å². The molecule has 0 aromatic carbocycles. The summed E-state index contributed by atoms with van der Waals surface area (Å²) in [7, 11) is 4.01. The molecule has 0 saturated heterocycles. The molecule has 84 valence electrons. The van der Waals surface area contributed by atoms with E-state index in [0.717, 1.165) is 13.0 Å². The molecule has 15 heavy (non-hydrogen) atoms. The van der Waals surface area contributed by atoms with E-state index in [1.165, 1.54) is 17.5 Å². The molecule has 1 heterocycles. The highest BCUT2D eigenvalue weighted by Gasteiger charge is 2.07. The average molecular weight is 228 g/mol. The van der Waals surface area contributed by atoms with Gasteiger partial charge in [0.05, 0.1) is 6.20 Å². The SMILES string of the molecule is CN(C)CCCNC(=O)c1cnc(N)s1. The molecule has 1 amide bonds. The predicted octanol–water partition coefficient (Wildman–Crippen LogP) is 0.407. The Morgan fingerprint density at radius 2 is 2.40 bits per heavy atom. The fraction of sp³-hybridized carbons (Fsp3) is 0.556. The van der Waals surface area contributed by atoms with Gasteiger partial charge < -0.3 is 16.0 Å². The van der Waals surface area contributed by atoms with Crippen molar-refractivity contribution in [3.63, 3.8) is 0 Å². The Morgan fingerprint density at radius 1 is 1.67 bits per heavy atom. The molecule has 0 spiro atoms. The Hall–Kier alpha value is -1.14. The molecule has 0 aliphatic carbocycles. The molecule has 0 saturated carbocycles. The minimum atomic E-state index is -0.0945. The lowest BCUT2D eigenvalue weighted by Crippen LogP contribution is -2.26. The number of nitrogen functional groups attached to an aromatic ring is 1. The van der Waals surface area contributed by atoms with Crippen LogP contribution in [0.1, 0.15) is 16.1 Å². The van der Waals surface area contributed by atoms with E-state index in [-0.39, 0.29) is 5.91 Å². The van der Waals surface area contributed by atoms with Crippen LogP contribution in [0.4, 0.5) is 5.13 Å². The van der Waals surface area contributed by atoms with Gasteiger partial charge in [-0.2, -0.15) is 0 Å². The van der Waals surface area contributed by atoms with Crippen molar-refractivity contribution in [1.29, 1.82) is 0 Å². The van der Waals surface area contributed by atoms with Gasteiger partial charge in [-0.15, -0.1) is 0 Å². The van der Waals surface area contributed by atoms with Gasteiger partial charge in [0, 0.05) is 6.54 Å². The quantitative estimate of drug-likeness (QED) is 0.716. The molecule has 1 rings (SSSR count). The van der Waals surface area contributed by atoms with E-state index < -0.39 is 0 Å². The summed E-state index contributed by atoms with van der Waals surface area (Å²) in [6.07, 6.45) is 2.44. The summed E-state index contributed by atoms with van der Waals surface area (Å²) in [5, 5.41) is 3.24. The van der Waals surface area contributed by atoms with Gasteiger partial charge in [-0.25, -0.2) is 4.98 Å². The van der Waals surface area contributed by atoms with E-state index in [1.54, 1.807) is 0 Å². The molecule has 0 atom stereocenters. The highest BCUT2D eigenvalue weighted by molar-refractivity contribution is 7.17. The topological polar surface area (TPSA) is 71.2 Å². The standard InChI is InChI=1S/C9H16N4OS/c1-13(2)5-3-4-11-8(14)7-6-12-9(10)15-7/h6H,3-5H2,1-2H3,(H2,10,12)(H,11,14). The molecule has 0 radical (unpaired) electrons. The number of amides is 1. The largest absolute Gasteiger partial charge is 0.375 e. The molecule has 0 fully saturated rings. The number of anilines is 1. The molecular formula is C9H16N4OS. The molecule has 1 aromatic rings. The second kappa shape index (κ2) is 5.67. The number of nitrogens with zero attached hydrogens (tertiary/aromatic N) is 2. The van der Waals surface area contributed by atoms with E-state index in [2.05, 4.69) is 15.2 Å². The number of hydrogen-bond donors (Lipinski definition) is 2. The zero-order chi connectivity index (χ0) is 11.3. The van der Waals surface area contributed by atoms with Crippen molar-refractivity contribution in [3.05, 3.63) is 11.1 Å². The van der Waals surface area contributed by atoms with Crippen LogP contribution < -0.4 is 11.1 Å². The number of carbonyl (C=O) groups is 1. The van der Waals surface area contributed by atoms with E-state index in [4.69, 9.17) is 5.73 Å². The fourth-order valence-electron chi connectivity index (χ4n) is 1.08. The average Bonchev–Trinajstić information content (AvgIpc) is 2.59. The van der Waals surface area contributed by atoms with E-state index >= 15 is 0 Å². The highest BCUT2D eigenvalue weighted by Crippen LogP contribution is 2.13.